The van der Waals surface area contributed by atoms with Crippen LogP contribution in [0, 0.1) is 17.0 Å². The van der Waals surface area contributed by atoms with E-state index in [1.165, 1.54) is 13.0 Å². The van der Waals surface area contributed by atoms with Gasteiger partial charge in [0, 0.05) is 29.9 Å². The maximum Gasteiger partial charge on any atom is 0.431 e. The van der Waals surface area contributed by atoms with Gasteiger partial charge in [0.15, 0.2) is 0 Å². The molecule has 46 heavy (non-hydrogen) atoms. The van der Waals surface area contributed by atoms with E-state index in [2.05, 4.69) is 15.4 Å². The predicted octanol–water partition coefficient (Wildman–Crippen LogP) is 4.21. The molecule has 250 valence electrons. The van der Waals surface area contributed by atoms with Crippen molar-refractivity contribution in [2.45, 2.75) is 44.9 Å². The normalized spacial score (nSPS) is 15.6. The summed E-state index contributed by atoms with van der Waals surface area (Å²) < 4.78 is 63.5. The summed E-state index contributed by atoms with van der Waals surface area (Å²) in [5.74, 6) is -3.65. The maximum atomic E-state index is 14.2. The first-order valence-corrected chi connectivity index (χ1v) is 14.2. The number of nitro benzene ring substituents is 1. The summed E-state index contributed by atoms with van der Waals surface area (Å²) in [5, 5.41) is 27.0. The number of dihydropyridines is 1. The Bertz CT molecular complexity index is 1490. The molecule has 1 aliphatic heterocycles. The molecule has 0 aliphatic carbocycles. The van der Waals surface area contributed by atoms with E-state index in [9.17, 15) is 38.0 Å². The van der Waals surface area contributed by atoms with Gasteiger partial charge in [-0.25, -0.2) is 9.59 Å². The van der Waals surface area contributed by atoms with Gasteiger partial charge in [-0.15, -0.1) is 0 Å². The Hall–Kier alpha value is -4.63. The summed E-state index contributed by atoms with van der Waals surface area (Å²) in [6.07, 6.45) is -4.83. The van der Waals surface area contributed by atoms with Gasteiger partial charge in [-0.1, -0.05) is 18.2 Å². The molecular formula is C31H36F3N3O9. The zero-order valence-electron chi connectivity index (χ0n) is 25.7. The van der Waals surface area contributed by atoms with Crippen LogP contribution in [-0.2, 0) is 19.1 Å². The first-order valence-electron chi connectivity index (χ1n) is 14.2. The third kappa shape index (κ3) is 8.97. The van der Waals surface area contributed by atoms with E-state index in [4.69, 9.17) is 14.2 Å². The second-order valence-electron chi connectivity index (χ2n) is 10.3. The summed E-state index contributed by atoms with van der Waals surface area (Å²) in [7, 11) is 1.88. The standard InChI is InChI=1S/C31H36F3N3O9/c1-18-9-5-6-10-23(18)46-17-21(38)16-35-13-7-8-14-45-24-12-11-20(37(41)42)15-22(24)26-25(29(39)43-3)19(2)36-28(31(32,33)34)27(26)30(40)44-4/h5-6,9-12,15,21,26,35-36,38H,7-8,13-14,16-17H2,1-4H3/t21-,26-/m0/s1. The minimum Gasteiger partial charge on any atom is -0.493 e. The molecule has 0 amide bonds. The number of aryl methyl sites for hydroxylation is 1. The number of carbonyl (C=O) groups excluding carboxylic acids is 2. The van der Waals surface area contributed by atoms with Crippen LogP contribution in [0.15, 0.2) is 65.0 Å². The molecule has 0 saturated heterocycles. The van der Waals surface area contributed by atoms with Gasteiger partial charge < -0.3 is 34.7 Å². The van der Waals surface area contributed by atoms with Gasteiger partial charge in [0.25, 0.3) is 5.69 Å². The Labute approximate surface area is 263 Å². The second-order valence-corrected chi connectivity index (χ2v) is 10.3. The highest BCUT2D eigenvalue weighted by Gasteiger charge is 2.48. The lowest BCUT2D eigenvalue weighted by molar-refractivity contribution is -0.384. The number of nitrogens with one attached hydrogen (secondary N) is 2. The number of rotatable bonds is 15. The molecule has 0 aromatic heterocycles. The second kappa shape index (κ2) is 16.1. The number of alkyl halides is 3. The van der Waals surface area contributed by atoms with Crippen LogP contribution in [-0.4, -0.2) is 74.8 Å². The number of unbranched alkanes of at least 4 members (excludes halogenated alkanes) is 1. The number of nitro groups is 1. The van der Waals surface area contributed by atoms with Crippen LogP contribution in [0.4, 0.5) is 18.9 Å². The Morgan fingerprint density at radius 3 is 2.33 bits per heavy atom. The molecule has 0 saturated carbocycles. The number of allylic oxidation sites excluding steroid dienone is 2. The number of non-ortho nitro benzene ring substituents is 1. The third-order valence-corrected chi connectivity index (χ3v) is 7.08. The van der Waals surface area contributed by atoms with Gasteiger partial charge in [-0.2, -0.15) is 13.2 Å². The van der Waals surface area contributed by atoms with Crippen molar-refractivity contribution in [3.8, 4) is 11.5 Å². The number of hydrogen-bond donors (Lipinski definition) is 3. The van der Waals surface area contributed by atoms with Crippen LogP contribution in [0.2, 0.25) is 0 Å². The largest absolute Gasteiger partial charge is 0.493 e. The number of para-hydroxylation sites is 1. The minimum absolute atomic E-state index is 0.0378. The number of methoxy groups -OCH3 is 2. The van der Waals surface area contributed by atoms with Crippen LogP contribution in [0.25, 0.3) is 0 Å². The van der Waals surface area contributed by atoms with E-state index in [1.54, 1.807) is 0 Å². The van der Waals surface area contributed by atoms with Crippen molar-refractivity contribution in [1.82, 2.24) is 10.6 Å². The lowest BCUT2D eigenvalue weighted by Crippen LogP contribution is -2.38. The van der Waals surface area contributed by atoms with E-state index in [0.717, 1.165) is 31.9 Å². The van der Waals surface area contributed by atoms with E-state index >= 15 is 0 Å². The number of esters is 2. The number of ether oxygens (including phenoxy) is 4. The number of aliphatic hydroxyl groups is 1. The molecule has 3 N–H and O–H groups in total. The first-order chi connectivity index (χ1) is 21.8. The smallest absolute Gasteiger partial charge is 0.431 e. The zero-order valence-corrected chi connectivity index (χ0v) is 25.7. The van der Waals surface area contributed by atoms with Crippen molar-refractivity contribution in [1.29, 1.82) is 0 Å². The maximum absolute atomic E-state index is 14.2. The van der Waals surface area contributed by atoms with Crippen molar-refractivity contribution < 1.29 is 51.7 Å². The zero-order chi connectivity index (χ0) is 34.0. The highest BCUT2D eigenvalue weighted by atomic mass is 19.4. The van der Waals surface area contributed by atoms with Gasteiger partial charge in [0.2, 0.25) is 0 Å². The fourth-order valence-electron chi connectivity index (χ4n) is 4.85. The number of carbonyl (C=O) groups is 2. The van der Waals surface area contributed by atoms with Crippen molar-refractivity contribution in [3.05, 3.63) is 86.2 Å². The fraction of sp³-hybridized carbons (Fsp3) is 0.419. The average molecular weight is 652 g/mol. The van der Waals surface area contributed by atoms with Gasteiger partial charge in [-0.05, 0) is 50.9 Å². The van der Waals surface area contributed by atoms with Crippen molar-refractivity contribution in [3.63, 3.8) is 0 Å². The molecule has 2 atom stereocenters. The SMILES string of the molecule is COC(=O)C1=C(C)NC(C(F)(F)F)=C(C(=O)OC)[C@H]1c1cc([N+](=O)[O-])ccc1OCCCCNC[C@H](O)COc1ccccc1C. The molecule has 0 unspecified atom stereocenters. The van der Waals surface area contributed by atoms with Crippen LogP contribution in [0.5, 0.6) is 11.5 Å². The lowest BCUT2D eigenvalue weighted by atomic mass is 9.79. The van der Waals surface area contributed by atoms with Gasteiger partial charge in [0.1, 0.15) is 29.9 Å². The Morgan fingerprint density at radius 1 is 1.02 bits per heavy atom. The van der Waals surface area contributed by atoms with Gasteiger partial charge >= 0.3 is 18.1 Å². The van der Waals surface area contributed by atoms with E-state index < -0.39 is 52.0 Å². The van der Waals surface area contributed by atoms with Gasteiger partial charge in [-0.3, -0.25) is 10.1 Å². The Balaban J connectivity index is 1.77. The predicted molar refractivity (Wildman–Crippen MR) is 159 cm³/mol. The van der Waals surface area contributed by atoms with Gasteiger partial charge in [0.05, 0.1) is 42.8 Å². The molecule has 2 aromatic rings. The Kier molecular flexibility index (Phi) is 12.5. The van der Waals surface area contributed by atoms with Crippen LogP contribution < -0.4 is 20.1 Å². The Morgan fingerprint density at radius 2 is 1.70 bits per heavy atom. The summed E-state index contributed by atoms with van der Waals surface area (Å²) in [6, 6.07) is 10.7. The van der Waals surface area contributed by atoms with Crippen LogP contribution in [0.3, 0.4) is 0 Å². The van der Waals surface area contributed by atoms with Crippen molar-refractivity contribution >= 4 is 17.6 Å². The third-order valence-electron chi connectivity index (χ3n) is 7.08. The molecule has 0 radical (unpaired) electrons. The molecule has 0 spiro atoms. The van der Waals surface area contributed by atoms with E-state index in [1.807, 2.05) is 31.2 Å². The molecule has 1 heterocycles. The topological polar surface area (TPSA) is 158 Å². The number of aliphatic hydroxyl groups excluding tert-OH is 1. The van der Waals surface area contributed by atoms with Crippen molar-refractivity contribution in [2.75, 3.05) is 40.5 Å². The summed E-state index contributed by atoms with van der Waals surface area (Å²) in [5.41, 5.74) is -2.90. The minimum atomic E-state index is -5.08. The molecule has 1 aliphatic rings. The highest BCUT2D eigenvalue weighted by molar-refractivity contribution is 6.00. The number of benzene rings is 2. The number of halogens is 3. The quantitative estimate of drug-likeness (QED) is 0.110. The van der Waals surface area contributed by atoms with E-state index in [0.29, 0.717) is 25.1 Å². The van der Waals surface area contributed by atoms with Crippen LogP contribution in [0.1, 0.15) is 36.8 Å². The molecule has 0 bridgehead atoms. The molecule has 3 rings (SSSR count). The molecule has 0 fully saturated rings. The molecule has 12 nitrogen and oxygen atoms in total. The monoisotopic (exact) mass is 651 g/mol. The summed E-state index contributed by atoms with van der Waals surface area (Å²) >= 11 is 0. The lowest BCUT2D eigenvalue weighted by Gasteiger charge is -2.32. The van der Waals surface area contributed by atoms with Crippen molar-refractivity contribution in [2.24, 2.45) is 0 Å². The molecule has 2 aromatic carbocycles. The van der Waals surface area contributed by atoms with Crippen LogP contribution >= 0.6 is 0 Å². The first kappa shape index (κ1) is 35.8. The summed E-state index contributed by atoms with van der Waals surface area (Å²) in [4.78, 5) is 36.6. The highest BCUT2D eigenvalue weighted by Crippen LogP contribution is 2.46. The van der Waals surface area contributed by atoms with E-state index in [-0.39, 0.29) is 42.3 Å². The average Bonchev–Trinajstić information content (AvgIpc) is 3.02. The molecular weight excluding hydrogens is 615 g/mol. The summed E-state index contributed by atoms with van der Waals surface area (Å²) in [6.45, 7) is 3.98. The number of hydrogen-bond acceptors (Lipinski definition) is 11. The number of nitrogens with zero attached hydrogens (tertiary/aromatic N) is 1. The molecule has 15 heteroatoms. The fourth-order valence-corrected chi connectivity index (χ4v) is 4.85.